The molecule has 0 N–H and O–H groups in total. The lowest BCUT2D eigenvalue weighted by Crippen LogP contribution is -2.35. The first-order chi connectivity index (χ1) is 8.78. The molecule has 0 aromatic heterocycles. The van der Waals surface area contributed by atoms with Crippen molar-refractivity contribution in [3.8, 4) is 11.5 Å². The van der Waals surface area contributed by atoms with Gasteiger partial charge in [0.1, 0.15) is 0 Å². The molecular formula is C14H18NO3. The number of piperidine rings is 1. The van der Waals surface area contributed by atoms with Gasteiger partial charge in [0.2, 0.25) is 6.29 Å². The molecule has 1 unspecified atom stereocenters. The molecule has 0 aliphatic carbocycles. The predicted molar refractivity (Wildman–Crippen MR) is 70.2 cm³/mol. The van der Waals surface area contributed by atoms with Gasteiger partial charge in [-0.1, -0.05) is 0 Å². The molecular weight excluding hydrogens is 230 g/mol. The molecule has 4 heteroatoms. The van der Waals surface area contributed by atoms with Gasteiger partial charge in [-0.3, -0.25) is 4.79 Å². The van der Waals surface area contributed by atoms with Crippen molar-refractivity contribution in [3.63, 3.8) is 0 Å². The molecule has 1 atom stereocenters. The molecule has 97 valence electrons. The number of hydrogen-bond donors (Lipinski definition) is 0. The summed E-state index contributed by atoms with van der Waals surface area (Å²) in [5, 5.41) is 0. The Labute approximate surface area is 107 Å². The topological polar surface area (TPSA) is 38.8 Å². The molecule has 2 rings (SSSR count). The lowest BCUT2D eigenvalue weighted by Gasteiger charge is -2.32. The maximum Gasteiger partial charge on any atom is 0.203 e. The Balaban J connectivity index is 2.19. The van der Waals surface area contributed by atoms with Gasteiger partial charge in [0, 0.05) is 30.8 Å². The summed E-state index contributed by atoms with van der Waals surface area (Å²) in [6, 6.07) is 5.84. The van der Waals surface area contributed by atoms with Crippen LogP contribution in [-0.2, 0) is 4.79 Å². The van der Waals surface area contributed by atoms with Gasteiger partial charge in [0.05, 0.1) is 14.2 Å². The van der Waals surface area contributed by atoms with Gasteiger partial charge in [-0.25, -0.2) is 0 Å². The van der Waals surface area contributed by atoms with E-state index in [0.717, 1.165) is 37.4 Å². The van der Waals surface area contributed by atoms with Crippen molar-refractivity contribution in [1.82, 2.24) is 0 Å². The van der Waals surface area contributed by atoms with Gasteiger partial charge >= 0.3 is 0 Å². The Morgan fingerprint density at radius 1 is 1.28 bits per heavy atom. The third-order valence-corrected chi connectivity index (χ3v) is 3.32. The van der Waals surface area contributed by atoms with Crippen molar-refractivity contribution in [2.45, 2.75) is 12.8 Å². The Kier molecular flexibility index (Phi) is 4.07. The smallest absolute Gasteiger partial charge is 0.203 e. The fraction of sp³-hybridized carbons (Fsp3) is 0.500. The number of nitrogens with zero attached hydrogens (tertiary/aromatic N) is 1. The third-order valence-electron chi connectivity index (χ3n) is 3.32. The van der Waals surface area contributed by atoms with Crippen LogP contribution < -0.4 is 14.4 Å². The van der Waals surface area contributed by atoms with Gasteiger partial charge in [-0.2, -0.15) is 0 Å². The number of anilines is 1. The molecule has 18 heavy (non-hydrogen) atoms. The van der Waals surface area contributed by atoms with E-state index in [9.17, 15) is 4.79 Å². The number of ether oxygens (including phenoxy) is 2. The Morgan fingerprint density at radius 3 is 2.72 bits per heavy atom. The summed E-state index contributed by atoms with van der Waals surface area (Å²) in [6.45, 7) is 1.70. The SMILES string of the molecule is COc1ccc(N2CCCC([C]=O)C2)cc1OC. The Hall–Kier alpha value is -1.71. The van der Waals surface area contributed by atoms with Gasteiger partial charge in [-0.15, -0.1) is 0 Å². The standard InChI is InChI=1S/C14H18NO3/c1-17-13-6-5-12(8-14(13)18-2)15-7-3-4-11(9-15)10-16/h5-6,8,11H,3-4,7,9H2,1-2H3. The summed E-state index contributed by atoms with van der Waals surface area (Å²) in [4.78, 5) is 13.0. The van der Waals surface area contributed by atoms with E-state index in [1.54, 1.807) is 14.2 Å². The number of rotatable bonds is 4. The molecule has 1 aromatic rings. The van der Waals surface area contributed by atoms with Crippen LogP contribution in [0, 0.1) is 5.92 Å². The van der Waals surface area contributed by atoms with Crippen molar-refractivity contribution in [2.24, 2.45) is 5.92 Å². The van der Waals surface area contributed by atoms with Crippen LogP contribution in [0.1, 0.15) is 12.8 Å². The van der Waals surface area contributed by atoms with Crippen molar-refractivity contribution in [2.75, 3.05) is 32.2 Å². The normalized spacial score (nSPS) is 19.4. The number of carbonyl (C=O) groups excluding carboxylic acids is 1. The minimum Gasteiger partial charge on any atom is -0.493 e. The van der Waals surface area contributed by atoms with E-state index >= 15 is 0 Å². The summed E-state index contributed by atoms with van der Waals surface area (Å²) in [6.07, 6.45) is 4.07. The average Bonchev–Trinajstić information content (AvgIpc) is 2.46. The second kappa shape index (κ2) is 5.76. The summed E-state index contributed by atoms with van der Waals surface area (Å²) in [5.41, 5.74) is 1.06. The monoisotopic (exact) mass is 248 g/mol. The highest BCUT2D eigenvalue weighted by atomic mass is 16.5. The number of hydrogen-bond acceptors (Lipinski definition) is 4. The molecule has 1 radical (unpaired) electrons. The maximum atomic E-state index is 10.8. The lowest BCUT2D eigenvalue weighted by molar-refractivity contribution is 0.355. The molecule has 1 saturated heterocycles. The van der Waals surface area contributed by atoms with Gasteiger partial charge in [-0.05, 0) is 25.0 Å². The van der Waals surface area contributed by atoms with Crippen LogP contribution in [0.25, 0.3) is 0 Å². The first-order valence-electron chi connectivity index (χ1n) is 6.13. The first-order valence-corrected chi connectivity index (χ1v) is 6.13. The highest BCUT2D eigenvalue weighted by molar-refractivity contribution is 5.60. The first kappa shape index (κ1) is 12.7. The largest absolute Gasteiger partial charge is 0.493 e. The molecule has 1 aliphatic rings. The number of benzene rings is 1. The second-order valence-electron chi connectivity index (χ2n) is 4.44. The van der Waals surface area contributed by atoms with E-state index in [0.29, 0.717) is 5.75 Å². The quantitative estimate of drug-likeness (QED) is 0.817. The van der Waals surface area contributed by atoms with Crippen LogP contribution in [-0.4, -0.2) is 33.6 Å². The van der Waals surface area contributed by atoms with Gasteiger partial charge in [0.25, 0.3) is 0 Å². The minimum absolute atomic E-state index is 0.0202. The lowest BCUT2D eigenvalue weighted by atomic mass is 9.99. The highest BCUT2D eigenvalue weighted by Gasteiger charge is 2.21. The molecule has 0 bridgehead atoms. The zero-order valence-electron chi connectivity index (χ0n) is 10.8. The third kappa shape index (κ3) is 2.58. The highest BCUT2D eigenvalue weighted by Crippen LogP contribution is 2.32. The van der Waals surface area contributed by atoms with Crippen LogP contribution in [0.2, 0.25) is 0 Å². The molecule has 0 amide bonds. The maximum absolute atomic E-state index is 10.8. The van der Waals surface area contributed by atoms with Crippen LogP contribution in [0.3, 0.4) is 0 Å². The summed E-state index contributed by atoms with van der Waals surface area (Å²) < 4.78 is 10.5. The van der Waals surface area contributed by atoms with Crippen LogP contribution in [0.4, 0.5) is 5.69 Å². The Bertz CT molecular complexity index is 420. The van der Waals surface area contributed by atoms with Gasteiger partial charge in [0.15, 0.2) is 11.5 Å². The zero-order chi connectivity index (χ0) is 13.0. The average molecular weight is 248 g/mol. The van der Waals surface area contributed by atoms with Crippen molar-refractivity contribution in [3.05, 3.63) is 18.2 Å². The van der Waals surface area contributed by atoms with E-state index in [2.05, 4.69) is 11.2 Å². The van der Waals surface area contributed by atoms with Crippen LogP contribution >= 0.6 is 0 Å². The summed E-state index contributed by atoms with van der Waals surface area (Å²) in [7, 11) is 3.25. The summed E-state index contributed by atoms with van der Waals surface area (Å²) in [5.74, 6) is 1.45. The Morgan fingerprint density at radius 2 is 2.06 bits per heavy atom. The molecule has 0 spiro atoms. The summed E-state index contributed by atoms with van der Waals surface area (Å²) >= 11 is 0. The van der Waals surface area contributed by atoms with Crippen molar-refractivity contribution >= 4 is 12.0 Å². The van der Waals surface area contributed by atoms with Crippen LogP contribution in [0.15, 0.2) is 18.2 Å². The van der Waals surface area contributed by atoms with E-state index in [-0.39, 0.29) is 5.92 Å². The van der Waals surface area contributed by atoms with E-state index in [1.165, 1.54) is 0 Å². The molecule has 0 saturated carbocycles. The second-order valence-corrected chi connectivity index (χ2v) is 4.44. The molecule has 1 aromatic carbocycles. The van der Waals surface area contributed by atoms with E-state index in [4.69, 9.17) is 9.47 Å². The molecule has 1 heterocycles. The molecule has 1 fully saturated rings. The number of methoxy groups -OCH3 is 2. The minimum atomic E-state index is 0.0202. The van der Waals surface area contributed by atoms with E-state index in [1.807, 2.05) is 18.2 Å². The van der Waals surface area contributed by atoms with E-state index < -0.39 is 0 Å². The van der Waals surface area contributed by atoms with Crippen LogP contribution in [0.5, 0.6) is 11.5 Å². The fourth-order valence-corrected chi connectivity index (χ4v) is 2.33. The molecule has 1 aliphatic heterocycles. The predicted octanol–water partition coefficient (Wildman–Crippen LogP) is 2.03. The zero-order valence-corrected chi connectivity index (χ0v) is 10.8. The van der Waals surface area contributed by atoms with Crippen molar-refractivity contribution in [1.29, 1.82) is 0 Å². The fourth-order valence-electron chi connectivity index (χ4n) is 2.33. The van der Waals surface area contributed by atoms with Gasteiger partial charge < -0.3 is 14.4 Å². The van der Waals surface area contributed by atoms with Crippen molar-refractivity contribution < 1.29 is 14.3 Å². The molecule has 4 nitrogen and oxygen atoms in total.